The van der Waals surface area contributed by atoms with Crippen LogP contribution in [0.25, 0.3) is 11.3 Å². The number of ether oxygens (including phenoxy) is 3. The number of esters is 1. The number of aryl methyl sites for hydroxylation is 2. The van der Waals surface area contributed by atoms with Crippen LogP contribution in [0.4, 0.5) is 0 Å². The number of pyridine rings is 1. The van der Waals surface area contributed by atoms with E-state index in [-0.39, 0.29) is 36.7 Å². The molecular formula is C50H80N6O10S. The Labute approximate surface area is 402 Å². The average Bonchev–Trinajstić information content (AvgIpc) is 3.76. The van der Waals surface area contributed by atoms with E-state index in [4.69, 9.17) is 26.4 Å². The van der Waals surface area contributed by atoms with E-state index in [2.05, 4.69) is 15.2 Å². The second kappa shape index (κ2) is 24.0. The zero-order valence-electron chi connectivity index (χ0n) is 41.4. The summed E-state index contributed by atoms with van der Waals surface area (Å²) in [5.74, 6) is -2.70. The lowest BCUT2D eigenvalue weighted by atomic mass is 9.78. The highest BCUT2D eigenvalue weighted by Gasteiger charge is 2.50. The second-order valence-corrected chi connectivity index (χ2v) is 20.7. The van der Waals surface area contributed by atoms with Gasteiger partial charge in [-0.25, -0.2) is 0 Å². The molecule has 16 nitrogen and oxygen atoms in total. The van der Waals surface area contributed by atoms with Crippen LogP contribution in [0, 0.1) is 22.4 Å². The van der Waals surface area contributed by atoms with E-state index >= 15 is 0 Å². The molecule has 0 spiro atoms. The number of hydrogen-bond donors (Lipinski definition) is 6. The largest absolute Gasteiger partial charge is 0.505 e. The topological polar surface area (TPSA) is 208 Å². The predicted octanol–water partition coefficient (Wildman–Crippen LogP) is 5.69. The predicted molar refractivity (Wildman–Crippen MR) is 258 cm³/mol. The van der Waals surface area contributed by atoms with Gasteiger partial charge in [0.15, 0.2) is 6.29 Å². The maximum atomic E-state index is 13.6. The molecule has 2 aliphatic rings. The third kappa shape index (κ3) is 13.9. The summed E-state index contributed by atoms with van der Waals surface area (Å²) < 4.78 is 23.0. The molecule has 0 amide bonds. The molecule has 0 radical (unpaired) electrons. The van der Waals surface area contributed by atoms with Gasteiger partial charge in [0.2, 0.25) is 0 Å². The Morgan fingerprint density at radius 2 is 1.61 bits per heavy atom. The van der Waals surface area contributed by atoms with E-state index in [9.17, 15) is 35.4 Å². The number of nitrogens with zero attached hydrogens (tertiary/aromatic N) is 6. The fourth-order valence-electron chi connectivity index (χ4n) is 10.2. The van der Waals surface area contributed by atoms with Crippen LogP contribution < -0.4 is 0 Å². The van der Waals surface area contributed by atoms with Gasteiger partial charge >= 0.3 is 5.97 Å². The monoisotopic (exact) mass is 957 g/mol. The van der Waals surface area contributed by atoms with Crippen molar-refractivity contribution in [2.45, 2.75) is 193 Å². The minimum atomic E-state index is -1.79. The molecule has 0 aliphatic carbocycles. The third-order valence-electron chi connectivity index (χ3n) is 14.4. The molecule has 2 aromatic heterocycles. The Balaban J connectivity index is 1.21. The van der Waals surface area contributed by atoms with Gasteiger partial charge in [-0.2, -0.15) is 0 Å². The Bertz CT molecular complexity index is 2070. The minimum Gasteiger partial charge on any atom is -0.505 e. The van der Waals surface area contributed by atoms with Gasteiger partial charge in [-0.1, -0.05) is 81.7 Å². The maximum absolute atomic E-state index is 13.6. The summed E-state index contributed by atoms with van der Waals surface area (Å²) in [6, 6.07) is 10.6. The molecule has 2 fully saturated rings. The van der Waals surface area contributed by atoms with Crippen molar-refractivity contribution >= 4 is 18.2 Å². The van der Waals surface area contributed by atoms with Crippen LogP contribution in [-0.4, -0.2) is 153 Å². The van der Waals surface area contributed by atoms with Gasteiger partial charge in [0.1, 0.15) is 40.0 Å². The average molecular weight is 957 g/mol. The van der Waals surface area contributed by atoms with Crippen LogP contribution in [0.3, 0.4) is 0 Å². The normalized spacial score (nSPS) is 34.1. The lowest BCUT2D eigenvalue weighted by molar-refractivity contribution is -0.300. The summed E-state index contributed by atoms with van der Waals surface area (Å²) in [5.41, 5.74) is -0.588. The van der Waals surface area contributed by atoms with Crippen molar-refractivity contribution < 1.29 is 49.6 Å². The van der Waals surface area contributed by atoms with Crippen LogP contribution in [-0.2, 0) is 38.6 Å². The number of likely N-dealkylation sites (N-methyl/N-ethyl adjacent to an activating group) is 2. The number of aliphatic hydroxyl groups excluding tert-OH is 3. The molecule has 4 heterocycles. The Morgan fingerprint density at radius 3 is 2.28 bits per heavy atom. The lowest BCUT2D eigenvalue weighted by Crippen LogP contribution is -2.59. The quantitative estimate of drug-likeness (QED) is 0.0615. The zero-order valence-corrected chi connectivity index (χ0v) is 42.3. The number of carbonyl (C=O) groups is 1. The molecule has 5 rings (SSSR count). The van der Waals surface area contributed by atoms with E-state index in [1.807, 2.05) is 78.8 Å². The van der Waals surface area contributed by atoms with Crippen molar-refractivity contribution in [1.29, 1.82) is 0 Å². The van der Waals surface area contributed by atoms with Crippen molar-refractivity contribution in [2.24, 2.45) is 17.8 Å². The van der Waals surface area contributed by atoms with Gasteiger partial charge in [0.05, 0.1) is 36.0 Å². The molecule has 14 atom stereocenters. The molecule has 1 aromatic carbocycles. The number of aromatic hydroxyl groups is 1. The SMILES string of the molecule is CC[C@H]1OC(=O)[C@H](C)[C@@H](O)[C@H](C)[C@@H](O[C@@H]2O[C@H](C)C[C@H](N(C)Cc3ccc(-c4cn(CCCCCCCn5cccc(O)c5=S)nn4)cc3)[C@H]2O)[C@](C)(O)C[C@@H](C)CN(C)[C@H](C)[C@@H](O)[C@]1(C)O. The molecule has 0 saturated carbocycles. The smallest absolute Gasteiger partial charge is 0.311 e. The number of cyclic esters (lactones) is 1. The summed E-state index contributed by atoms with van der Waals surface area (Å²) in [7, 11) is 3.78. The molecule has 17 heteroatoms. The maximum Gasteiger partial charge on any atom is 0.311 e. The molecule has 2 aliphatic heterocycles. The van der Waals surface area contributed by atoms with Crippen LogP contribution in [0.2, 0.25) is 0 Å². The van der Waals surface area contributed by atoms with Crippen molar-refractivity contribution in [1.82, 2.24) is 29.4 Å². The molecule has 0 bridgehead atoms. The minimum absolute atomic E-state index is 0.145. The highest BCUT2D eigenvalue weighted by molar-refractivity contribution is 7.71. The van der Waals surface area contributed by atoms with E-state index in [1.54, 1.807) is 39.8 Å². The number of carbonyl (C=O) groups excluding carboxylic acids is 1. The van der Waals surface area contributed by atoms with Crippen molar-refractivity contribution in [3.8, 4) is 17.0 Å². The number of aliphatic hydroxyl groups is 5. The second-order valence-electron chi connectivity index (χ2n) is 20.3. The highest BCUT2D eigenvalue weighted by atomic mass is 32.1. The van der Waals surface area contributed by atoms with Gasteiger partial charge in [0, 0.05) is 55.9 Å². The van der Waals surface area contributed by atoms with Gasteiger partial charge in [-0.3, -0.25) is 14.4 Å². The van der Waals surface area contributed by atoms with E-state index in [0.717, 1.165) is 62.0 Å². The summed E-state index contributed by atoms with van der Waals surface area (Å²) in [4.78, 5) is 17.6. The molecule has 2 saturated heterocycles. The first-order chi connectivity index (χ1) is 31.5. The Morgan fingerprint density at radius 1 is 0.955 bits per heavy atom. The number of unbranched alkanes of at least 4 members (excludes halogenated alkanes) is 4. The van der Waals surface area contributed by atoms with Gasteiger partial charge in [-0.15, -0.1) is 5.10 Å². The Kier molecular flexibility index (Phi) is 19.5. The fourth-order valence-corrected chi connectivity index (χ4v) is 10.4. The van der Waals surface area contributed by atoms with Gasteiger partial charge < -0.3 is 54.3 Å². The lowest BCUT2D eigenvalue weighted by Gasteiger charge is -2.47. The number of rotatable bonds is 15. The molecule has 6 N–H and O–H groups in total. The van der Waals surface area contributed by atoms with Crippen LogP contribution in [0.15, 0.2) is 48.8 Å². The van der Waals surface area contributed by atoms with Crippen molar-refractivity contribution in [3.63, 3.8) is 0 Å². The molecule has 0 unspecified atom stereocenters. The summed E-state index contributed by atoms with van der Waals surface area (Å²) in [5, 5.41) is 77.6. The molecular weight excluding hydrogens is 877 g/mol. The first-order valence-corrected chi connectivity index (χ1v) is 24.7. The van der Waals surface area contributed by atoms with Gasteiger partial charge in [0.25, 0.3) is 0 Å². The summed E-state index contributed by atoms with van der Waals surface area (Å²) in [6.45, 7) is 16.3. The van der Waals surface area contributed by atoms with E-state index < -0.39 is 71.9 Å². The fraction of sp³-hybridized carbons (Fsp3) is 0.720. The number of hydrogen-bond acceptors (Lipinski definition) is 15. The van der Waals surface area contributed by atoms with Gasteiger partial charge in [-0.05, 0) is 104 Å². The van der Waals surface area contributed by atoms with Crippen LogP contribution in [0.5, 0.6) is 5.75 Å². The molecule has 3 aromatic rings. The summed E-state index contributed by atoms with van der Waals surface area (Å²) in [6.07, 6.45) is 2.69. The van der Waals surface area contributed by atoms with Crippen molar-refractivity contribution in [3.05, 3.63) is 59.0 Å². The first-order valence-electron chi connectivity index (χ1n) is 24.3. The Hall–Kier alpha value is -3.36. The molecule has 67 heavy (non-hydrogen) atoms. The zero-order chi connectivity index (χ0) is 49.4. The van der Waals surface area contributed by atoms with Crippen LogP contribution in [0.1, 0.15) is 112 Å². The van der Waals surface area contributed by atoms with Crippen molar-refractivity contribution in [2.75, 3.05) is 20.6 Å². The molecule has 376 valence electrons. The third-order valence-corrected chi connectivity index (χ3v) is 14.8. The standard InChI is InChI=1S/C50H80N6O10S/c1-11-41-50(8,63)44(60)35(6)53(9)28-31(2)27-49(7,62)45(33(4)42(58)34(5)47(61)65-41)66-48-43(59)39(26-32(3)64-48)54(10)29-36-19-21-37(22-20-36)38-30-56(52-51-38)25-16-14-12-13-15-23-55-24-17-18-40(57)46(55)67/h17-22,24,30-35,39,41-45,48,57-60,62-63H,11-16,23,25-29H2,1-10H3/t31-,32-,33+,34-,35-,39+,41-,42+,43-,44-,45-,48+,49-,50-/m1/s1. The number of aromatic nitrogens is 4. The number of benzene rings is 1. The van der Waals surface area contributed by atoms with E-state index in [0.29, 0.717) is 24.2 Å². The highest BCUT2D eigenvalue weighted by Crippen LogP contribution is 2.37. The van der Waals surface area contributed by atoms with E-state index in [1.165, 1.54) is 13.8 Å². The first kappa shape index (κ1) is 54.6. The van der Waals surface area contributed by atoms with Crippen LogP contribution >= 0.6 is 12.2 Å². The summed E-state index contributed by atoms with van der Waals surface area (Å²) >= 11 is 5.29.